The Morgan fingerprint density at radius 2 is 1.81 bits per heavy atom. The van der Waals surface area contributed by atoms with E-state index in [1.165, 1.54) is 0 Å². The third-order valence-corrected chi connectivity index (χ3v) is 3.40. The highest BCUT2D eigenvalue weighted by atomic mass is 16.2. The number of nitrogens with zero attached hydrogens (tertiary/aromatic N) is 2. The maximum Gasteiger partial charge on any atom is 0.271 e. The maximum absolute atomic E-state index is 12.6. The summed E-state index contributed by atoms with van der Waals surface area (Å²) in [5, 5.41) is 12.3. The lowest BCUT2D eigenvalue weighted by molar-refractivity contribution is -0.119. The molecule has 0 spiro atoms. The number of amidine groups is 1. The third-order valence-electron chi connectivity index (χ3n) is 3.40. The number of anilines is 1. The van der Waals surface area contributed by atoms with Crippen LogP contribution in [0.1, 0.15) is 11.1 Å². The van der Waals surface area contributed by atoms with E-state index in [1.54, 1.807) is 48.5 Å². The van der Waals surface area contributed by atoms with Gasteiger partial charge in [0, 0.05) is 16.8 Å². The van der Waals surface area contributed by atoms with Gasteiger partial charge in [-0.3, -0.25) is 4.79 Å². The van der Waals surface area contributed by atoms with Gasteiger partial charge in [0.15, 0.2) is 0 Å². The van der Waals surface area contributed by atoms with Gasteiger partial charge in [0.25, 0.3) is 11.4 Å². The van der Waals surface area contributed by atoms with Crippen molar-refractivity contribution >= 4 is 17.4 Å². The summed E-state index contributed by atoms with van der Waals surface area (Å²) in [5.74, 6) is -0.306. The zero-order valence-electron chi connectivity index (χ0n) is 11.1. The number of hydrogen-bond acceptors (Lipinski definition) is 4. The fraction of sp³-hybridized carbons (Fsp3) is 0.0625. The van der Waals surface area contributed by atoms with Crippen LogP contribution in [-0.2, 0) is 10.3 Å². The molecule has 1 aliphatic heterocycles. The molecule has 0 radical (unpaired) electrons. The number of nitrogens with one attached hydrogen (secondary N) is 1. The van der Waals surface area contributed by atoms with Crippen molar-refractivity contribution in [3.63, 3.8) is 0 Å². The smallest absolute Gasteiger partial charge is 0.271 e. The van der Waals surface area contributed by atoms with Crippen LogP contribution in [0.5, 0.6) is 0 Å². The van der Waals surface area contributed by atoms with Crippen LogP contribution in [0.15, 0.2) is 59.6 Å². The van der Waals surface area contributed by atoms with Crippen molar-refractivity contribution in [1.29, 1.82) is 5.26 Å². The number of nitrogens with two attached hydrogens (primary N) is 1. The summed E-state index contributed by atoms with van der Waals surface area (Å²) in [4.78, 5) is 16.7. The Morgan fingerprint density at radius 3 is 2.52 bits per heavy atom. The number of fused-ring (bicyclic) bond motifs is 1. The quantitative estimate of drug-likeness (QED) is 0.875. The van der Waals surface area contributed by atoms with Crippen LogP contribution >= 0.6 is 0 Å². The van der Waals surface area contributed by atoms with Crippen LogP contribution in [0.4, 0.5) is 5.69 Å². The number of amides is 1. The molecule has 5 nitrogen and oxygen atoms in total. The Kier molecular flexibility index (Phi) is 2.92. The first kappa shape index (κ1) is 12.9. The van der Waals surface area contributed by atoms with Crippen LogP contribution in [-0.4, -0.2) is 11.7 Å². The third kappa shape index (κ3) is 1.94. The number of nitriles is 1. The molecule has 3 rings (SSSR count). The second kappa shape index (κ2) is 4.76. The molecule has 0 aliphatic carbocycles. The highest BCUT2D eigenvalue weighted by Crippen LogP contribution is 2.35. The second-order valence-electron chi connectivity index (χ2n) is 4.68. The Balaban J connectivity index is 2.03. The molecule has 1 unspecified atom stereocenters. The van der Waals surface area contributed by atoms with E-state index in [-0.39, 0.29) is 5.84 Å². The molecule has 0 bridgehead atoms. The van der Waals surface area contributed by atoms with E-state index in [1.807, 2.05) is 12.1 Å². The summed E-state index contributed by atoms with van der Waals surface area (Å²) in [5.41, 5.74) is 5.97. The van der Waals surface area contributed by atoms with Gasteiger partial charge in [-0.15, -0.1) is 0 Å². The normalized spacial score (nSPS) is 19.3. The molecule has 1 atom stereocenters. The van der Waals surface area contributed by atoms with Crippen LogP contribution < -0.4 is 11.1 Å². The fourth-order valence-electron chi connectivity index (χ4n) is 2.38. The van der Waals surface area contributed by atoms with Gasteiger partial charge in [-0.05, 0) is 12.1 Å². The van der Waals surface area contributed by atoms with Crippen molar-refractivity contribution < 1.29 is 4.79 Å². The maximum atomic E-state index is 12.6. The Hall–Kier alpha value is -3.13. The fourth-order valence-corrected chi connectivity index (χ4v) is 2.38. The van der Waals surface area contributed by atoms with E-state index in [0.29, 0.717) is 16.8 Å². The molecule has 0 saturated carbocycles. The number of carbonyl (C=O) groups excluding carboxylic acids is 1. The first-order chi connectivity index (χ1) is 10.2. The Labute approximate surface area is 121 Å². The summed E-state index contributed by atoms with van der Waals surface area (Å²) in [6, 6.07) is 18.0. The summed E-state index contributed by atoms with van der Waals surface area (Å²) < 4.78 is 0. The van der Waals surface area contributed by atoms with Crippen LogP contribution in [0, 0.1) is 11.3 Å². The molecule has 1 aliphatic rings. The number of para-hydroxylation sites is 1. The number of aliphatic imine (C=N–C) groups is 1. The van der Waals surface area contributed by atoms with Gasteiger partial charge in [-0.1, -0.05) is 42.5 Å². The van der Waals surface area contributed by atoms with Gasteiger partial charge >= 0.3 is 0 Å². The topological polar surface area (TPSA) is 91.3 Å². The number of rotatable bonds is 2. The predicted octanol–water partition coefficient (Wildman–Crippen LogP) is 1.76. The molecule has 2 aromatic rings. The van der Waals surface area contributed by atoms with E-state index in [0.717, 1.165) is 0 Å². The van der Waals surface area contributed by atoms with Gasteiger partial charge in [-0.25, -0.2) is 4.99 Å². The van der Waals surface area contributed by atoms with Gasteiger partial charge in [0.1, 0.15) is 11.9 Å². The molecule has 1 amide bonds. The first-order valence-corrected chi connectivity index (χ1v) is 6.40. The van der Waals surface area contributed by atoms with Gasteiger partial charge in [0.2, 0.25) is 0 Å². The minimum absolute atomic E-state index is 0.204. The van der Waals surface area contributed by atoms with Crippen molar-refractivity contribution in [3.05, 3.63) is 65.7 Å². The van der Waals surface area contributed by atoms with Gasteiger partial charge in [0.05, 0.1) is 0 Å². The predicted molar refractivity (Wildman–Crippen MR) is 79.5 cm³/mol. The lowest BCUT2D eigenvalue weighted by atomic mass is 9.90. The van der Waals surface area contributed by atoms with Gasteiger partial charge < -0.3 is 11.1 Å². The highest BCUT2D eigenvalue weighted by Gasteiger charge is 2.46. The van der Waals surface area contributed by atoms with Crippen LogP contribution in [0.2, 0.25) is 0 Å². The molecule has 21 heavy (non-hydrogen) atoms. The van der Waals surface area contributed by atoms with E-state index in [9.17, 15) is 10.1 Å². The van der Waals surface area contributed by atoms with Crippen LogP contribution in [0.25, 0.3) is 0 Å². The summed E-state index contributed by atoms with van der Waals surface area (Å²) in [6.45, 7) is 0. The van der Waals surface area contributed by atoms with E-state index in [4.69, 9.17) is 5.73 Å². The molecule has 0 aromatic heterocycles. The van der Waals surface area contributed by atoms with Gasteiger partial charge in [-0.2, -0.15) is 5.26 Å². The average molecular weight is 276 g/mol. The molecule has 0 saturated heterocycles. The Morgan fingerprint density at radius 1 is 1.14 bits per heavy atom. The first-order valence-electron chi connectivity index (χ1n) is 6.40. The lowest BCUT2D eigenvalue weighted by Crippen LogP contribution is -2.36. The zero-order valence-corrected chi connectivity index (χ0v) is 11.1. The average Bonchev–Trinajstić information content (AvgIpc) is 2.82. The largest absolute Gasteiger partial charge is 0.383 e. The molecular formula is C16H12N4O. The lowest BCUT2D eigenvalue weighted by Gasteiger charge is -2.18. The van der Waals surface area contributed by atoms with E-state index >= 15 is 0 Å². The SMILES string of the molecule is N#CC1(C(=O)Nc2ccccc2)N=C(N)c2ccccc21. The van der Waals surface area contributed by atoms with Crippen molar-refractivity contribution in [2.75, 3.05) is 5.32 Å². The van der Waals surface area contributed by atoms with Crippen molar-refractivity contribution in [2.45, 2.75) is 5.54 Å². The molecule has 1 heterocycles. The molecule has 102 valence electrons. The van der Waals surface area contributed by atoms with Crippen molar-refractivity contribution in [1.82, 2.24) is 0 Å². The molecule has 5 heteroatoms. The molecule has 2 aromatic carbocycles. The highest BCUT2D eigenvalue weighted by molar-refractivity contribution is 6.11. The zero-order chi connectivity index (χ0) is 14.9. The number of carbonyl (C=O) groups is 1. The second-order valence-corrected chi connectivity index (χ2v) is 4.68. The molecule has 3 N–H and O–H groups in total. The van der Waals surface area contributed by atoms with E-state index in [2.05, 4.69) is 10.3 Å². The molecule has 0 fully saturated rings. The minimum Gasteiger partial charge on any atom is -0.383 e. The van der Waals surface area contributed by atoms with Crippen molar-refractivity contribution in [2.24, 2.45) is 10.7 Å². The van der Waals surface area contributed by atoms with Crippen LogP contribution in [0.3, 0.4) is 0 Å². The monoisotopic (exact) mass is 276 g/mol. The Bertz CT molecular complexity index is 776. The summed E-state index contributed by atoms with van der Waals surface area (Å²) in [6.07, 6.45) is 0. The number of hydrogen-bond donors (Lipinski definition) is 2. The minimum atomic E-state index is -1.63. The number of benzene rings is 2. The molecular weight excluding hydrogens is 264 g/mol. The van der Waals surface area contributed by atoms with Crippen molar-refractivity contribution in [3.8, 4) is 6.07 Å². The standard InChI is InChI=1S/C16H12N4O/c17-10-16(15(21)19-11-6-2-1-3-7-11)13-9-5-4-8-12(13)14(18)20-16/h1-9H,(H2,18,20)(H,19,21). The summed E-state index contributed by atoms with van der Waals surface area (Å²) in [7, 11) is 0. The summed E-state index contributed by atoms with van der Waals surface area (Å²) >= 11 is 0. The van der Waals surface area contributed by atoms with E-state index < -0.39 is 11.4 Å².